The summed E-state index contributed by atoms with van der Waals surface area (Å²) in [7, 11) is 1.57. The Hall–Kier alpha value is -3.26. The number of hydrogen-bond acceptors (Lipinski definition) is 4. The van der Waals surface area contributed by atoms with Gasteiger partial charge in [0.15, 0.2) is 0 Å². The monoisotopic (exact) mass is 292 g/mol. The third-order valence-electron chi connectivity index (χ3n) is 3.49. The lowest BCUT2D eigenvalue weighted by Gasteiger charge is -2.10. The van der Waals surface area contributed by atoms with Gasteiger partial charge >= 0.3 is 0 Å². The first-order valence-corrected chi connectivity index (χ1v) is 6.57. The predicted octanol–water partition coefficient (Wildman–Crippen LogP) is 2.78. The van der Waals surface area contributed by atoms with Gasteiger partial charge in [-0.3, -0.25) is 4.79 Å². The average molecular weight is 292 g/mol. The number of phenols is 1. The Kier molecular flexibility index (Phi) is 3.28. The SMILES string of the molecule is COc1ccc(-c2c(C#N)c(=O)[nH]c3cc(O)ccc23)cc1. The zero-order chi connectivity index (χ0) is 15.7. The number of pyridine rings is 1. The van der Waals surface area contributed by atoms with E-state index in [1.165, 1.54) is 12.1 Å². The summed E-state index contributed by atoms with van der Waals surface area (Å²) in [5, 5.41) is 19.6. The molecule has 0 spiro atoms. The first-order valence-electron chi connectivity index (χ1n) is 6.57. The molecule has 108 valence electrons. The first-order chi connectivity index (χ1) is 10.6. The molecule has 0 aliphatic carbocycles. The van der Waals surface area contributed by atoms with Crippen LogP contribution in [0.1, 0.15) is 5.56 Å². The number of nitrogens with zero attached hydrogens (tertiary/aromatic N) is 1. The minimum absolute atomic E-state index is 0.0448. The van der Waals surface area contributed by atoms with Crippen molar-refractivity contribution in [2.45, 2.75) is 0 Å². The normalized spacial score (nSPS) is 10.4. The second-order valence-electron chi connectivity index (χ2n) is 4.77. The molecule has 0 atom stereocenters. The summed E-state index contributed by atoms with van der Waals surface area (Å²) >= 11 is 0. The first kappa shape index (κ1) is 13.7. The van der Waals surface area contributed by atoms with Crippen molar-refractivity contribution in [3.05, 3.63) is 58.4 Å². The molecule has 1 aromatic heterocycles. The van der Waals surface area contributed by atoms with E-state index in [1.54, 1.807) is 37.4 Å². The predicted molar refractivity (Wildman–Crippen MR) is 82.9 cm³/mol. The van der Waals surface area contributed by atoms with Crippen LogP contribution in [0.3, 0.4) is 0 Å². The van der Waals surface area contributed by atoms with Crippen molar-refractivity contribution >= 4 is 10.9 Å². The molecule has 5 nitrogen and oxygen atoms in total. The number of nitrogens with one attached hydrogen (secondary N) is 1. The molecule has 1 heterocycles. The van der Waals surface area contributed by atoms with Crippen LogP contribution >= 0.6 is 0 Å². The molecule has 0 fully saturated rings. The Morgan fingerprint density at radius 1 is 1.18 bits per heavy atom. The molecule has 22 heavy (non-hydrogen) atoms. The van der Waals surface area contributed by atoms with Gasteiger partial charge in [0.05, 0.1) is 12.6 Å². The summed E-state index contributed by atoms with van der Waals surface area (Å²) in [5.41, 5.74) is 1.33. The summed E-state index contributed by atoms with van der Waals surface area (Å²) in [5.74, 6) is 0.739. The van der Waals surface area contributed by atoms with Crippen LogP contribution in [0, 0.1) is 11.3 Å². The zero-order valence-corrected chi connectivity index (χ0v) is 11.8. The summed E-state index contributed by atoms with van der Waals surface area (Å²) in [6.45, 7) is 0. The Morgan fingerprint density at radius 3 is 2.55 bits per heavy atom. The molecule has 3 rings (SSSR count). The largest absolute Gasteiger partial charge is 0.508 e. The van der Waals surface area contributed by atoms with Crippen LogP contribution < -0.4 is 10.3 Å². The highest BCUT2D eigenvalue weighted by Gasteiger charge is 2.14. The van der Waals surface area contributed by atoms with Crippen molar-refractivity contribution in [3.8, 4) is 28.7 Å². The molecule has 0 aliphatic heterocycles. The molecule has 0 saturated carbocycles. The van der Waals surface area contributed by atoms with Crippen LogP contribution in [0.4, 0.5) is 0 Å². The Labute approximate surface area is 126 Å². The van der Waals surface area contributed by atoms with E-state index in [9.17, 15) is 15.2 Å². The minimum Gasteiger partial charge on any atom is -0.508 e. The van der Waals surface area contributed by atoms with E-state index in [4.69, 9.17) is 4.74 Å². The highest BCUT2D eigenvalue weighted by molar-refractivity contribution is 5.97. The van der Waals surface area contributed by atoms with Crippen LogP contribution in [0.5, 0.6) is 11.5 Å². The van der Waals surface area contributed by atoms with Gasteiger partial charge < -0.3 is 14.8 Å². The third-order valence-corrected chi connectivity index (χ3v) is 3.49. The van der Waals surface area contributed by atoms with Gasteiger partial charge in [0.25, 0.3) is 5.56 Å². The van der Waals surface area contributed by atoms with Gasteiger partial charge in [-0.15, -0.1) is 0 Å². The smallest absolute Gasteiger partial charge is 0.266 e. The van der Waals surface area contributed by atoms with Gasteiger partial charge in [-0.05, 0) is 29.8 Å². The van der Waals surface area contributed by atoms with E-state index in [1.807, 2.05) is 6.07 Å². The third kappa shape index (κ3) is 2.17. The molecule has 0 aliphatic rings. The van der Waals surface area contributed by atoms with Crippen molar-refractivity contribution in [3.63, 3.8) is 0 Å². The lowest BCUT2D eigenvalue weighted by molar-refractivity contribution is 0.415. The number of methoxy groups -OCH3 is 1. The maximum Gasteiger partial charge on any atom is 0.266 e. The number of hydrogen-bond donors (Lipinski definition) is 2. The maximum atomic E-state index is 12.1. The summed E-state index contributed by atoms with van der Waals surface area (Å²) in [4.78, 5) is 14.7. The van der Waals surface area contributed by atoms with Crippen LogP contribution in [0.15, 0.2) is 47.3 Å². The van der Waals surface area contributed by atoms with Crippen molar-refractivity contribution in [2.75, 3.05) is 7.11 Å². The lowest BCUT2D eigenvalue weighted by Crippen LogP contribution is -2.12. The molecule has 2 aromatic carbocycles. The molecule has 5 heteroatoms. The van der Waals surface area contributed by atoms with Crippen LogP contribution in [0.25, 0.3) is 22.0 Å². The highest BCUT2D eigenvalue weighted by atomic mass is 16.5. The molecular weight excluding hydrogens is 280 g/mol. The van der Waals surface area contributed by atoms with E-state index in [0.29, 0.717) is 22.2 Å². The van der Waals surface area contributed by atoms with E-state index in [2.05, 4.69) is 4.98 Å². The standard InChI is InChI=1S/C17H12N2O3/c1-22-12-5-2-10(3-6-12)16-13-7-4-11(20)8-15(13)19-17(21)14(16)9-18/h2-8,20H,1H3,(H,19,21). The number of phenolic OH excluding ortho intramolecular Hbond substituents is 1. The number of fused-ring (bicyclic) bond motifs is 1. The molecule has 0 saturated heterocycles. The van der Waals surface area contributed by atoms with Crippen LogP contribution in [-0.4, -0.2) is 17.2 Å². The van der Waals surface area contributed by atoms with Gasteiger partial charge in [0.1, 0.15) is 23.1 Å². The summed E-state index contributed by atoms with van der Waals surface area (Å²) < 4.78 is 5.12. The van der Waals surface area contributed by atoms with Crippen LogP contribution in [0.2, 0.25) is 0 Å². The second-order valence-corrected chi connectivity index (χ2v) is 4.77. The van der Waals surface area contributed by atoms with Gasteiger partial charge in [-0.2, -0.15) is 5.26 Å². The fraction of sp³-hybridized carbons (Fsp3) is 0.0588. The van der Waals surface area contributed by atoms with Gasteiger partial charge in [-0.25, -0.2) is 0 Å². The van der Waals surface area contributed by atoms with Crippen molar-refractivity contribution in [1.82, 2.24) is 4.98 Å². The molecule has 3 aromatic rings. The molecule has 0 bridgehead atoms. The van der Waals surface area contributed by atoms with Gasteiger partial charge in [0.2, 0.25) is 0 Å². The Balaban J connectivity index is 2.39. The van der Waals surface area contributed by atoms with Crippen LogP contribution in [-0.2, 0) is 0 Å². The summed E-state index contributed by atoms with van der Waals surface area (Å²) in [6.07, 6.45) is 0. The van der Waals surface area contributed by atoms with E-state index in [0.717, 1.165) is 5.56 Å². The number of ether oxygens (including phenoxy) is 1. The molecule has 2 N–H and O–H groups in total. The zero-order valence-electron chi connectivity index (χ0n) is 11.8. The number of aromatic nitrogens is 1. The highest BCUT2D eigenvalue weighted by Crippen LogP contribution is 2.31. The molecular formula is C17H12N2O3. The number of rotatable bonds is 2. The number of aromatic hydroxyl groups is 1. The quantitative estimate of drug-likeness (QED) is 0.760. The number of benzene rings is 2. The minimum atomic E-state index is -0.480. The Morgan fingerprint density at radius 2 is 1.91 bits per heavy atom. The van der Waals surface area contributed by atoms with Gasteiger partial charge in [0, 0.05) is 17.0 Å². The maximum absolute atomic E-state index is 12.1. The lowest BCUT2D eigenvalue weighted by atomic mass is 9.96. The number of nitriles is 1. The second kappa shape index (κ2) is 5.26. The van der Waals surface area contributed by atoms with Crippen molar-refractivity contribution in [2.24, 2.45) is 0 Å². The number of aromatic amines is 1. The average Bonchev–Trinajstić information content (AvgIpc) is 2.53. The van der Waals surface area contributed by atoms with Crippen molar-refractivity contribution in [1.29, 1.82) is 5.26 Å². The van der Waals surface area contributed by atoms with Crippen molar-refractivity contribution < 1.29 is 9.84 Å². The van der Waals surface area contributed by atoms with E-state index >= 15 is 0 Å². The molecule has 0 radical (unpaired) electrons. The molecule has 0 amide bonds. The topological polar surface area (TPSA) is 86.1 Å². The van der Waals surface area contributed by atoms with E-state index in [-0.39, 0.29) is 11.3 Å². The van der Waals surface area contributed by atoms with Gasteiger partial charge in [-0.1, -0.05) is 12.1 Å². The molecule has 0 unspecified atom stereocenters. The fourth-order valence-corrected chi connectivity index (χ4v) is 2.45. The number of H-pyrrole nitrogens is 1. The fourth-order valence-electron chi connectivity index (χ4n) is 2.45. The Bertz CT molecular complexity index is 951. The van der Waals surface area contributed by atoms with E-state index < -0.39 is 5.56 Å². The summed E-state index contributed by atoms with van der Waals surface area (Å²) in [6, 6.07) is 13.7.